The lowest BCUT2D eigenvalue weighted by atomic mass is 10.1. The molecule has 0 bridgehead atoms. The summed E-state index contributed by atoms with van der Waals surface area (Å²) in [4.78, 5) is 0. The summed E-state index contributed by atoms with van der Waals surface area (Å²) in [7, 11) is -5.09. The number of benzene rings is 1. The quantitative estimate of drug-likeness (QED) is 0.443. The van der Waals surface area contributed by atoms with Crippen molar-refractivity contribution in [3.05, 3.63) is 35.6 Å². The SMILES string of the molecule is CCOP(=O)(N[C@H](C#C[Si](C)(C)C)c1ccc(F)cc1)OCC. The second-order valence-corrected chi connectivity index (χ2v) is 12.5. The molecule has 0 unspecified atom stereocenters. The monoisotopic (exact) mass is 357 g/mol. The molecule has 1 atom stereocenters. The second-order valence-electron chi connectivity index (χ2n) is 5.97. The molecule has 23 heavy (non-hydrogen) atoms. The molecular formula is C16H25FNO3PSi. The Hall–Kier alpha value is -0.963. The van der Waals surface area contributed by atoms with Gasteiger partial charge in [0, 0.05) is 0 Å². The summed E-state index contributed by atoms with van der Waals surface area (Å²) in [6.45, 7) is 10.3. The third-order valence-electron chi connectivity index (χ3n) is 2.68. The van der Waals surface area contributed by atoms with Gasteiger partial charge in [-0.2, -0.15) is 0 Å². The predicted molar refractivity (Wildman–Crippen MR) is 94.3 cm³/mol. The second kappa shape index (κ2) is 8.77. The molecule has 0 aliphatic carbocycles. The normalized spacial score (nSPS) is 13.3. The van der Waals surface area contributed by atoms with E-state index in [1.54, 1.807) is 26.0 Å². The van der Waals surface area contributed by atoms with Gasteiger partial charge >= 0.3 is 7.75 Å². The maximum Gasteiger partial charge on any atom is 0.406 e. The van der Waals surface area contributed by atoms with Gasteiger partial charge in [-0.3, -0.25) is 9.05 Å². The Morgan fingerprint density at radius 1 is 1.17 bits per heavy atom. The first kappa shape index (κ1) is 20.1. The fourth-order valence-electron chi connectivity index (χ4n) is 1.74. The van der Waals surface area contributed by atoms with E-state index in [0.717, 1.165) is 5.56 Å². The summed E-state index contributed by atoms with van der Waals surface area (Å²) in [6, 6.07) is 5.40. The Kier molecular flexibility index (Phi) is 7.66. The summed E-state index contributed by atoms with van der Waals surface area (Å²) in [6.07, 6.45) is 0. The smallest absolute Gasteiger partial charge is 0.297 e. The lowest BCUT2D eigenvalue weighted by molar-refractivity contribution is 0.209. The first-order valence-electron chi connectivity index (χ1n) is 7.64. The van der Waals surface area contributed by atoms with Crippen molar-refractivity contribution in [2.45, 2.75) is 39.5 Å². The molecule has 0 radical (unpaired) electrons. The summed E-state index contributed by atoms with van der Waals surface area (Å²) in [5.74, 6) is 2.78. The van der Waals surface area contributed by atoms with Crippen molar-refractivity contribution in [3.63, 3.8) is 0 Å². The first-order chi connectivity index (χ1) is 10.7. The fourth-order valence-corrected chi connectivity index (χ4v) is 3.75. The molecule has 0 heterocycles. The molecule has 0 aromatic heterocycles. The van der Waals surface area contributed by atoms with Gasteiger partial charge in [-0.25, -0.2) is 14.0 Å². The van der Waals surface area contributed by atoms with Crippen molar-refractivity contribution in [1.82, 2.24) is 5.09 Å². The van der Waals surface area contributed by atoms with Crippen LogP contribution in [0.25, 0.3) is 0 Å². The van der Waals surface area contributed by atoms with E-state index < -0.39 is 21.9 Å². The third-order valence-corrected chi connectivity index (χ3v) is 5.35. The van der Waals surface area contributed by atoms with E-state index in [4.69, 9.17) is 9.05 Å². The zero-order valence-electron chi connectivity index (χ0n) is 14.4. The van der Waals surface area contributed by atoms with Crippen LogP contribution in [0.4, 0.5) is 4.39 Å². The molecule has 128 valence electrons. The Morgan fingerprint density at radius 3 is 2.13 bits per heavy atom. The van der Waals surface area contributed by atoms with Gasteiger partial charge in [-0.15, -0.1) is 5.54 Å². The van der Waals surface area contributed by atoms with Crippen LogP contribution in [0.3, 0.4) is 0 Å². The Morgan fingerprint density at radius 2 is 1.70 bits per heavy atom. The highest BCUT2D eigenvalue weighted by molar-refractivity contribution is 7.51. The largest absolute Gasteiger partial charge is 0.406 e. The van der Waals surface area contributed by atoms with Crippen molar-refractivity contribution in [2.75, 3.05) is 13.2 Å². The zero-order valence-corrected chi connectivity index (χ0v) is 16.2. The van der Waals surface area contributed by atoms with Crippen LogP contribution in [-0.2, 0) is 13.6 Å². The third kappa shape index (κ3) is 7.43. The molecule has 1 aromatic carbocycles. The molecule has 1 N–H and O–H groups in total. The van der Waals surface area contributed by atoms with Crippen molar-refractivity contribution in [1.29, 1.82) is 0 Å². The van der Waals surface area contributed by atoms with Gasteiger partial charge in [0.05, 0.1) is 13.2 Å². The van der Waals surface area contributed by atoms with E-state index >= 15 is 0 Å². The van der Waals surface area contributed by atoms with Crippen LogP contribution in [0.2, 0.25) is 19.6 Å². The minimum Gasteiger partial charge on any atom is -0.297 e. The van der Waals surface area contributed by atoms with Crippen molar-refractivity contribution >= 4 is 15.8 Å². The summed E-state index contributed by atoms with van der Waals surface area (Å²) in [5.41, 5.74) is 3.96. The standard InChI is InChI=1S/C16H25FNO3PSi/c1-6-20-22(19,21-7-2)18-16(12-13-23(3,4)5)14-8-10-15(17)11-9-14/h8-11,16H,6-7H2,1-5H3,(H,18,19)/t16-/m1/s1. The highest BCUT2D eigenvalue weighted by Gasteiger charge is 2.28. The molecule has 0 fully saturated rings. The van der Waals surface area contributed by atoms with E-state index in [1.165, 1.54) is 12.1 Å². The lowest BCUT2D eigenvalue weighted by Gasteiger charge is -2.22. The van der Waals surface area contributed by atoms with Crippen LogP contribution in [-0.4, -0.2) is 21.3 Å². The van der Waals surface area contributed by atoms with E-state index in [1.807, 2.05) is 0 Å². The Labute approximate surface area is 139 Å². The van der Waals surface area contributed by atoms with Gasteiger partial charge < -0.3 is 0 Å². The number of hydrogen-bond acceptors (Lipinski definition) is 3. The van der Waals surface area contributed by atoms with Crippen molar-refractivity contribution in [3.8, 4) is 11.5 Å². The van der Waals surface area contributed by atoms with Gasteiger partial charge in [0.25, 0.3) is 0 Å². The molecule has 1 aromatic rings. The maximum absolute atomic E-state index is 13.2. The van der Waals surface area contributed by atoms with Crippen LogP contribution in [0.1, 0.15) is 25.5 Å². The number of halogens is 1. The van der Waals surface area contributed by atoms with Crippen LogP contribution < -0.4 is 5.09 Å². The van der Waals surface area contributed by atoms with Gasteiger partial charge in [-0.05, 0) is 31.5 Å². The molecule has 0 saturated carbocycles. The average molecular weight is 357 g/mol. The minimum absolute atomic E-state index is 0.252. The molecule has 1 rings (SSSR count). The van der Waals surface area contributed by atoms with Gasteiger partial charge in [0.2, 0.25) is 0 Å². The molecular weight excluding hydrogens is 332 g/mol. The number of nitrogens with one attached hydrogen (secondary N) is 1. The molecule has 0 aliphatic heterocycles. The zero-order chi connectivity index (χ0) is 17.5. The summed E-state index contributed by atoms with van der Waals surface area (Å²) >= 11 is 0. The van der Waals surface area contributed by atoms with Crippen molar-refractivity contribution in [2.24, 2.45) is 0 Å². The molecule has 7 heteroatoms. The first-order valence-corrected chi connectivity index (χ1v) is 12.7. The maximum atomic E-state index is 13.2. The van der Waals surface area contributed by atoms with E-state index in [0.29, 0.717) is 0 Å². The molecule has 0 amide bonds. The summed E-state index contributed by atoms with van der Waals surface area (Å²) in [5, 5.41) is 2.88. The van der Waals surface area contributed by atoms with E-state index in [9.17, 15) is 8.96 Å². The molecule has 0 spiro atoms. The van der Waals surface area contributed by atoms with Crippen LogP contribution in [0.5, 0.6) is 0 Å². The van der Waals surface area contributed by atoms with Gasteiger partial charge in [-0.1, -0.05) is 37.7 Å². The highest BCUT2D eigenvalue weighted by Crippen LogP contribution is 2.45. The highest BCUT2D eigenvalue weighted by atomic mass is 31.2. The van der Waals surface area contributed by atoms with Crippen LogP contribution in [0, 0.1) is 17.3 Å². The summed E-state index contributed by atoms with van der Waals surface area (Å²) < 4.78 is 36.4. The van der Waals surface area contributed by atoms with Crippen molar-refractivity contribution < 1.29 is 18.0 Å². The predicted octanol–water partition coefficient (Wildman–Crippen LogP) is 4.52. The molecule has 0 aliphatic rings. The van der Waals surface area contributed by atoms with Crippen LogP contribution in [0.15, 0.2) is 24.3 Å². The number of rotatable bonds is 7. The van der Waals surface area contributed by atoms with Crippen LogP contribution >= 0.6 is 7.75 Å². The topological polar surface area (TPSA) is 47.6 Å². The Bertz CT molecular complexity index is 594. The van der Waals surface area contributed by atoms with Gasteiger partial charge in [0.15, 0.2) is 0 Å². The lowest BCUT2D eigenvalue weighted by Crippen LogP contribution is -2.22. The van der Waals surface area contributed by atoms with E-state index in [2.05, 4.69) is 36.2 Å². The Balaban J connectivity index is 3.14. The van der Waals surface area contributed by atoms with E-state index in [-0.39, 0.29) is 19.0 Å². The molecule has 0 saturated heterocycles. The van der Waals surface area contributed by atoms with Gasteiger partial charge in [0.1, 0.15) is 19.9 Å². The minimum atomic E-state index is -3.47. The number of hydrogen-bond donors (Lipinski definition) is 1. The average Bonchev–Trinajstić information content (AvgIpc) is 2.44. The fraction of sp³-hybridized carbons (Fsp3) is 0.500. The molecule has 4 nitrogen and oxygen atoms in total.